The fourth-order valence-electron chi connectivity index (χ4n) is 4.94. The van der Waals surface area contributed by atoms with E-state index >= 15 is 0 Å². The van der Waals surface area contributed by atoms with Crippen LogP contribution in [0.25, 0.3) is 5.57 Å². The summed E-state index contributed by atoms with van der Waals surface area (Å²) in [5.74, 6) is -1.73. The van der Waals surface area contributed by atoms with Gasteiger partial charge in [-0.25, -0.2) is 14.6 Å². The molecule has 3 aromatic rings. The second kappa shape index (κ2) is 13.5. The molecule has 0 amide bonds. The monoisotopic (exact) mass is 590 g/mol. The summed E-state index contributed by atoms with van der Waals surface area (Å²) in [6.07, 6.45) is 0. The van der Waals surface area contributed by atoms with Crippen LogP contribution in [0.5, 0.6) is 0 Å². The highest BCUT2D eigenvalue weighted by Gasteiger charge is 2.37. The first-order valence-corrected chi connectivity index (χ1v) is 14.4. The fraction of sp³-hybridized carbons (Fsp3) is 0.323. The lowest BCUT2D eigenvalue weighted by Gasteiger charge is -2.31. The summed E-state index contributed by atoms with van der Waals surface area (Å²) in [6.45, 7) is 8.68. The van der Waals surface area contributed by atoms with E-state index in [-0.39, 0.29) is 18.9 Å². The Bertz CT molecular complexity index is 1550. The number of carbonyl (C=O) groups excluding carboxylic acids is 2. The van der Waals surface area contributed by atoms with Crippen LogP contribution in [-0.2, 0) is 20.8 Å². The number of aromatic nitrogens is 1. The number of likely N-dealkylation sites (N-methyl/N-ethyl adjacent to an activating group) is 1. The fourth-order valence-corrected chi connectivity index (χ4v) is 6.04. The number of ether oxygens (including phenoxy) is 2. The molecule has 2 heterocycles. The Hall–Kier alpha value is -4.35. The molecule has 0 fully saturated rings. The number of benzene rings is 2. The lowest BCUT2D eigenvalue weighted by atomic mass is 9.80. The molecule has 42 heavy (non-hydrogen) atoms. The maximum Gasteiger partial charge on any atom is 0.350 e. The van der Waals surface area contributed by atoms with Gasteiger partial charge in [0.2, 0.25) is 0 Å². The highest BCUT2D eigenvalue weighted by Crippen LogP contribution is 2.45. The van der Waals surface area contributed by atoms with Crippen molar-refractivity contribution in [3.63, 3.8) is 0 Å². The van der Waals surface area contributed by atoms with Crippen molar-refractivity contribution in [1.82, 2.24) is 15.2 Å². The van der Waals surface area contributed by atoms with Crippen molar-refractivity contribution in [1.29, 1.82) is 0 Å². The second-order valence-corrected chi connectivity index (χ2v) is 11.0. The molecule has 0 spiro atoms. The minimum atomic E-state index is -0.721. The Morgan fingerprint density at radius 2 is 1.79 bits per heavy atom. The maximum atomic E-state index is 13.7. The number of hydrogen-bond acceptors (Lipinski definition) is 10. The number of nitro groups is 1. The zero-order valence-corrected chi connectivity index (χ0v) is 25.1. The molecule has 11 heteroatoms. The summed E-state index contributed by atoms with van der Waals surface area (Å²) in [6, 6.07) is 16.2. The summed E-state index contributed by atoms with van der Waals surface area (Å²) in [5, 5.41) is 15.5. The Labute approximate surface area is 248 Å². The van der Waals surface area contributed by atoms with Crippen LogP contribution in [-0.4, -0.2) is 53.6 Å². The molecule has 1 N–H and O–H groups in total. The van der Waals surface area contributed by atoms with Crippen LogP contribution in [0.2, 0.25) is 0 Å². The minimum Gasteiger partial charge on any atom is -0.462 e. The van der Waals surface area contributed by atoms with Gasteiger partial charge in [-0.2, -0.15) is 0 Å². The van der Waals surface area contributed by atoms with Gasteiger partial charge in [0, 0.05) is 48.1 Å². The molecule has 220 valence electrons. The molecule has 1 aliphatic heterocycles. The smallest absolute Gasteiger partial charge is 0.350 e. The number of dihydropyridines is 1. The molecule has 10 nitrogen and oxygen atoms in total. The minimum absolute atomic E-state index is 0.0986. The number of nitrogens with zero attached hydrogens (tertiary/aromatic N) is 3. The number of nitro benzene ring substituents is 1. The van der Waals surface area contributed by atoms with E-state index in [1.165, 1.54) is 23.5 Å². The third kappa shape index (κ3) is 6.92. The molecule has 0 aliphatic carbocycles. The number of rotatable bonds is 11. The van der Waals surface area contributed by atoms with Gasteiger partial charge in [0.25, 0.3) is 5.69 Å². The Balaban J connectivity index is 1.67. The van der Waals surface area contributed by atoms with Crippen molar-refractivity contribution in [2.45, 2.75) is 40.2 Å². The number of esters is 2. The van der Waals surface area contributed by atoms with Crippen molar-refractivity contribution in [3.8, 4) is 0 Å². The van der Waals surface area contributed by atoms with E-state index in [0.29, 0.717) is 56.8 Å². The van der Waals surface area contributed by atoms with Crippen LogP contribution in [0.4, 0.5) is 5.69 Å². The van der Waals surface area contributed by atoms with Crippen molar-refractivity contribution >= 4 is 34.5 Å². The van der Waals surface area contributed by atoms with Crippen molar-refractivity contribution in [3.05, 3.63) is 108 Å². The standard InChI is InChI=1S/C31H34N4O6S/c1-6-40-31(37)28-21(4)33-29(42-28)25-19(2)32-20(3)26(27(25)23-13-10-14-24(17-23)35(38)39)30(36)41-16-15-34(5)18-22-11-8-7-9-12-22/h7-14,17,27,32H,6,15-16,18H2,1-5H3. The number of aryl methyl sites for hydroxylation is 1. The first-order valence-electron chi connectivity index (χ1n) is 13.6. The highest BCUT2D eigenvalue weighted by atomic mass is 32.1. The number of carbonyl (C=O) groups is 2. The number of allylic oxidation sites excluding steroid dienone is 3. The summed E-state index contributed by atoms with van der Waals surface area (Å²) in [7, 11) is 1.95. The van der Waals surface area contributed by atoms with Crippen LogP contribution in [0.1, 0.15) is 58.2 Å². The van der Waals surface area contributed by atoms with Gasteiger partial charge in [0.15, 0.2) is 0 Å². The van der Waals surface area contributed by atoms with Crippen LogP contribution in [0.15, 0.2) is 71.6 Å². The molecule has 0 saturated carbocycles. The van der Waals surface area contributed by atoms with Gasteiger partial charge < -0.3 is 14.8 Å². The van der Waals surface area contributed by atoms with Crippen LogP contribution < -0.4 is 5.32 Å². The predicted molar refractivity (Wildman–Crippen MR) is 161 cm³/mol. The van der Waals surface area contributed by atoms with Crippen LogP contribution >= 0.6 is 11.3 Å². The molecule has 2 aromatic carbocycles. The van der Waals surface area contributed by atoms with Crippen molar-refractivity contribution in [2.75, 3.05) is 26.8 Å². The Morgan fingerprint density at radius 3 is 2.48 bits per heavy atom. The van der Waals surface area contributed by atoms with Gasteiger partial charge >= 0.3 is 11.9 Å². The molecule has 1 aliphatic rings. The molecule has 0 bridgehead atoms. The molecule has 1 unspecified atom stereocenters. The van der Waals surface area contributed by atoms with Gasteiger partial charge in [-0.1, -0.05) is 42.5 Å². The maximum absolute atomic E-state index is 13.7. The zero-order chi connectivity index (χ0) is 30.4. The molecule has 0 saturated heterocycles. The van der Waals surface area contributed by atoms with Gasteiger partial charge in [0.05, 0.1) is 22.8 Å². The van der Waals surface area contributed by atoms with Gasteiger partial charge in [-0.15, -0.1) is 11.3 Å². The number of non-ortho nitro benzene ring substituents is 1. The third-order valence-corrected chi connectivity index (χ3v) is 8.05. The average Bonchev–Trinajstić information content (AvgIpc) is 3.34. The summed E-state index contributed by atoms with van der Waals surface area (Å²) >= 11 is 1.17. The molecule has 1 aromatic heterocycles. The summed E-state index contributed by atoms with van der Waals surface area (Å²) in [5.41, 5.74) is 4.35. The molecular weight excluding hydrogens is 556 g/mol. The highest BCUT2D eigenvalue weighted by molar-refractivity contribution is 7.14. The largest absolute Gasteiger partial charge is 0.462 e. The zero-order valence-electron chi connectivity index (χ0n) is 24.3. The Morgan fingerprint density at radius 1 is 1.05 bits per heavy atom. The van der Waals surface area contributed by atoms with E-state index in [4.69, 9.17) is 9.47 Å². The van der Waals surface area contributed by atoms with Crippen LogP contribution in [0.3, 0.4) is 0 Å². The first kappa shape index (κ1) is 30.6. The SMILES string of the molecule is CCOC(=O)c1sc(C2=C(C)NC(C)=C(C(=O)OCCN(C)Cc3ccccc3)C2c2cccc([N+](=O)[O-])c2)nc1C. The lowest BCUT2D eigenvalue weighted by Crippen LogP contribution is -2.30. The summed E-state index contributed by atoms with van der Waals surface area (Å²) in [4.78, 5) is 44.6. The van der Waals surface area contributed by atoms with E-state index in [2.05, 4.69) is 15.2 Å². The second-order valence-electron chi connectivity index (χ2n) is 10.0. The van der Waals surface area contributed by atoms with E-state index in [9.17, 15) is 19.7 Å². The van der Waals surface area contributed by atoms with Gasteiger partial charge in [-0.3, -0.25) is 15.0 Å². The topological polar surface area (TPSA) is 124 Å². The molecule has 0 radical (unpaired) electrons. The quantitative estimate of drug-likeness (QED) is 0.173. The molecule has 4 rings (SSSR count). The molecular formula is C31H34N4O6S. The predicted octanol–water partition coefficient (Wildman–Crippen LogP) is 5.60. The average molecular weight is 591 g/mol. The normalized spacial score (nSPS) is 15.0. The van der Waals surface area contributed by atoms with Crippen molar-refractivity contribution in [2.24, 2.45) is 0 Å². The van der Waals surface area contributed by atoms with E-state index < -0.39 is 22.8 Å². The Kier molecular flexibility index (Phi) is 9.87. The first-order chi connectivity index (χ1) is 20.1. The van der Waals surface area contributed by atoms with E-state index in [1.54, 1.807) is 32.9 Å². The van der Waals surface area contributed by atoms with Crippen molar-refractivity contribution < 1.29 is 24.0 Å². The van der Waals surface area contributed by atoms with Gasteiger partial charge in [0.1, 0.15) is 16.5 Å². The number of thiazole rings is 1. The summed E-state index contributed by atoms with van der Waals surface area (Å²) < 4.78 is 11.0. The van der Waals surface area contributed by atoms with E-state index in [0.717, 1.165) is 5.56 Å². The van der Waals surface area contributed by atoms with Crippen LogP contribution in [0, 0.1) is 17.0 Å². The number of nitrogens with one attached hydrogen (secondary N) is 1. The van der Waals surface area contributed by atoms with Gasteiger partial charge in [-0.05, 0) is 45.9 Å². The number of hydrogen-bond donors (Lipinski definition) is 1. The van der Waals surface area contributed by atoms with E-state index in [1.807, 2.05) is 44.3 Å². The lowest BCUT2D eigenvalue weighted by molar-refractivity contribution is -0.384. The third-order valence-electron chi connectivity index (χ3n) is 6.88. The molecule has 1 atom stereocenters.